The van der Waals surface area contributed by atoms with Gasteiger partial charge in [-0.1, -0.05) is 401 Å². The molecule has 0 aromatic heterocycles. The second kappa shape index (κ2) is 76.4. The van der Waals surface area contributed by atoms with Gasteiger partial charge >= 0.3 is 39.5 Å². The quantitative estimate of drug-likeness (QED) is 0.0222. The van der Waals surface area contributed by atoms with Crippen LogP contribution in [0.1, 0.15) is 452 Å². The van der Waals surface area contributed by atoms with E-state index in [-0.39, 0.29) is 25.7 Å². The van der Waals surface area contributed by atoms with E-state index in [2.05, 4.69) is 41.5 Å². The zero-order valence-electron chi connectivity index (χ0n) is 68.3. The number of esters is 4. The maximum Gasteiger partial charge on any atom is 0.472 e. The Morgan fingerprint density at radius 1 is 0.279 bits per heavy atom. The first-order valence-corrected chi connectivity index (χ1v) is 47.0. The van der Waals surface area contributed by atoms with Gasteiger partial charge in [-0.25, -0.2) is 9.13 Å². The molecule has 0 heterocycles. The fraction of sp³-hybridized carbons (Fsp3) is 0.953. The van der Waals surface area contributed by atoms with Crippen LogP contribution in [-0.2, 0) is 65.4 Å². The standard InChI is InChI=1S/C85H166O17P2/c1-7-10-12-14-16-17-18-19-20-21-25-28-35-40-45-51-57-63-69-84(89)101-80(73-95-82(87)67-61-55-47-15-13-11-8-2)75-99-103(91,92)97-71-79(86)72-98-104(93,94)100-76-81(74-96-83(88)68-62-56-50-44-39-34-31-30-33-38-43-49-54-60-66-78(6)9-3)102-85(90)70-64-58-52-46-41-36-29-26-23-22-24-27-32-37-42-48-53-59-65-77(4)5/h77-81,86H,7-76H2,1-6H3,(H,91,92)(H,93,94)/t78?,79-,80+,81+/m0/s1. The van der Waals surface area contributed by atoms with Gasteiger partial charge in [0.1, 0.15) is 19.3 Å². The van der Waals surface area contributed by atoms with E-state index < -0.39 is 97.5 Å². The molecular weight excluding hydrogens is 1350 g/mol. The van der Waals surface area contributed by atoms with Crippen LogP contribution in [0.4, 0.5) is 0 Å². The summed E-state index contributed by atoms with van der Waals surface area (Å²) in [6.07, 6.45) is 68.2. The number of phosphoric acid groups is 2. The lowest BCUT2D eigenvalue weighted by molar-refractivity contribution is -0.161. The molecule has 104 heavy (non-hydrogen) atoms. The van der Waals surface area contributed by atoms with Crippen molar-refractivity contribution in [1.29, 1.82) is 0 Å². The Balaban J connectivity index is 5.16. The summed E-state index contributed by atoms with van der Waals surface area (Å²) in [4.78, 5) is 73.0. The Labute approximate surface area is 638 Å². The van der Waals surface area contributed by atoms with Crippen LogP contribution in [0.3, 0.4) is 0 Å². The van der Waals surface area contributed by atoms with Gasteiger partial charge in [-0.15, -0.1) is 0 Å². The van der Waals surface area contributed by atoms with Crippen molar-refractivity contribution in [2.75, 3.05) is 39.6 Å². The highest BCUT2D eigenvalue weighted by atomic mass is 31.2. The SMILES string of the molecule is CCCCCCCCCCCCCCCCCCCCC(=O)O[C@H](COC(=O)CCCCCCCCC)COP(=O)(O)OC[C@H](O)COP(=O)(O)OC[C@@H](COC(=O)CCCCCCCCCCCCCCCCC(C)CC)OC(=O)CCCCCCCCCCCCCCCCCCCCC(C)C. The first-order valence-electron chi connectivity index (χ1n) is 44.0. The number of ether oxygens (including phenoxy) is 4. The predicted octanol–water partition coefficient (Wildman–Crippen LogP) is 25.8. The van der Waals surface area contributed by atoms with E-state index in [9.17, 15) is 43.2 Å². The molecule has 0 bridgehead atoms. The largest absolute Gasteiger partial charge is 0.472 e. The molecule has 0 aromatic carbocycles. The van der Waals surface area contributed by atoms with E-state index in [4.69, 9.17) is 37.0 Å². The number of hydrogen-bond donors (Lipinski definition) is 3. The lowest BCUT2D eigenvalue weighted by atomic mass is 9.99. The molecule has 0 amide bonds. The average molecular weight is 1520 g/mol. The minimum absolute atomic E-state index is 0.108. The first kappa shape index (κ1) is 102. The second-order valence-electron chi connectivity index (χ2n) is 31.3. The van der Waals surface area contributed by atoms with E-state index in [0.717, 1.165) is 115 Å². The molecular formula is C85H166O17P2. The molecule has 618 valence electrons. The van der Waals surface area contributed by atoms with Crippen LogP contribution in [0, 0.1) is 11.8 Å². The van der Waals surface area contributed by atoms with E-state index in [1.165, 1.54) is 257 Å². The van der Waals surface area contributed by atoms with Gasteiger partial charge in [-0.05, 0) is 37.5 Å². The summed E-state index contributed by atoms with van der Waals surface area (Å²) in [5.74, 6) is -0.437. The lowest BCUT2D eigenvalue weighted by Gasteiger charge is -2.21. The highest BCUT2D eigenvalue weighted by molar-refractivity contribution is 7.47. The Hall–Kier alpha value is -1.94. The van der Waals surface area contributed by atoms with Crippen LogP contribution < -0.4 is 0 Å². The van der Waals surface area contributed by atoms with E-state index in [1.807, 2.05) is 0 Å². The van der Waals surface area contributed by atoms with Crippen LogP contribution >= 0.6 is 15.6 Å². The molecule has 6 atom stereocenters. The van der Waals surface area contributed by atoms with Crippen molar-refractivity contribution in [2.24, 2.45) is 11.8 Å². The van der Waals surface area contributed by atoms with Crippen molar-refractivity contribution in [3.8, 4) is 0 Å². The summed E-state index contributed by atoms with van der Waals surface area (Å²) < 4.78 is 68.7. The van der Waals surface area contributed by atoms with E-state index in [1.54, 1.807) is 0 Å². The summed E-state index contributed by atoms with van der Waals surface area (Å²) in [6.45, 7) is 9.72. The zero-order valence-corrected chi connectivity index (χ0v) is 70.1. The molecule has 0 aliphatic carbocycles. The average Bonchev–Trinajstić information content (AvgIpc) is 0.921. The number of phosphoric ester groups is 2. The first-order chi connectivity index (χ1) is 50.4. The third kappa shape index (κ3) is 76.8. The zero-order chi connectivity index (χ0) is 76.4. The van der Waals surface area contributed by atoms with Crippen LogP contribution in [0.15, 0.2) is 0 Å². The number of hydrogen-bond acceptors (Lipinski definition) is 15. The van der Waals surface area contributed by atoms with Gasteiger partial charge in [0.15, 0.2) is 12.2 Å². The van der Waals surface area contributed by atoms with Gasteiger partial charge in [-0.3, -0.25) is 37.3 Å². The molecule has 3 N–H and O–H groups in total. The van der Waals surface area contributed by atoms with Gasteiger partial charge in [0, 0.05) is 25.7 Å². The molecule has 0 aromatic rings. The van der Waals surface area contributed by atoms with Gasteiger partial charge in [0.2, 0.25) is 0 Å². The lowest BCUT2D eigenvalue weighted by Crippen LogP contribution is -2.30. The molecule has 0 rings (SSSR count). The van der Waals surface area contributed by atoms with Crippen molar-refractivity contribution in [1.82, 2.24) is 0 Å². The molecule has 3 unspecified atom stereocenters. The third-order valence-electron chi connectivity index (χ3n) is 20.3. The van der Waals surface area contributed by atoms with Gasteiger partial charge in [-0.2, -0.15) is 0 Å². The molecule has 0 fully saturated rings. The van der Waals surface area contributed by atoms with Crippen LogP contribution in [0.5, 0.6) is 0 Å². The number of aliphatic hydroxyl groups is 1. The number of rotatable bonds is 84. The molecule has 19 heteroatoms. The van der Waals surface area contributed by atoms with Gasteiger partial charge in [0.05, 0.1) is 26.4 Å². The molecule has 17 nitrogen and oxygen atoms in total. The third-order valence-corrected chi connectivity index (χ3v) is 22.2. The molecule has 0 aliphatic heterocycles. The maximum atomic E-state index is 13.1. The fourth-order valence-electron chi connectivity index (χ4n) is 13.2. The molecule has 0 spiro atoms. The number of aliphatic hydroxyl groups excluding tert-OH is 1. The van der Waals surface area contributed by atoms with Crippen molar-refractivity contribution >= 4 is 39.5 Å². The summed E-state index contributed by atoms with van der Waals surface area (Å²) in [6, 6.07) is 0. The maximum absolute atomic E-state index is 13.1. The van der Waals surface area contributed by atoms with Crippen molar-refractivity contribution < 1.29 is 80.2 Å². The molecule has 0 saturated carbocycles. The van der Waals surface area contributed by atoms with Crippen molar-refractivity contribution in [3.05, 3.63) is 0 Å². The van der Waals surface area contributed by atoms with Crippen LogP contribution in [-0.4, -0.2) is 96.7 Å². The van der Waals surface area contributed by atoms with Crippen molar-refractivity contribution in [2.45, 2.75) is 471 Å². The smallest absolute Gasteiger partial charge is 0.462 e. The van der Waals surface area contributed by atoms with Gasteiger partial charge in [0.25, 0.3) is 0 Å². The minimum atomic E-state index is -4.96. The van der Waals surface area contributed by atoms with E-state index in [0.29, 0.717) is 25.7 Å². The fourth-order valence-corrected chi connectivity index (χ4v) is 14.8. The second-order valence-corrected chi connectivity index (χ2v) is 34.2. The monoisotopic (exact) mass is 1520 g/mol. The minimum Gasteiger partial charge on any atom is -0.462 e. The highest BCUT2D eigenvalue weighted by Gasteiger charge is 2.30. The molecule has 0 saturated heterocycles. The van der Waals surface area contributed by atoms with E-state index >= 15 is 0 Å². The van der Waals surface area contributed by atoms with Crippen molar-refractivity contribution in [3.63, 3.8) is 0 Å². The summed E-state index contributed by atoms with van der Waals surface area (Å²) >= 11 is 0. The van der Waals surface area contributed by atoms with Gasteiger partial charge < -0.3 is 33.8 Å². The Morgan fingerprint density at radius 3 is 0.731 bits per heavy atom. The van der Waals surface area contributed by atoms with Crippen LogP contribution in [0.2, 0.25) is 0 Å². The normalized spacial score (nSPS) is 14.1. The Morgan fingerprint density at radius 2 is 0.490 bits per heavy atom. The summed E-state index contributed by atoms with van der Waals surface area (Å²) in [5, 5.41) is 10.7. The highest BCUT2D eigenvalue weighted by Crippen LogP contribution is 2.45. The summed E-state index contributed by atoms with van der Waals surface area (Å²) in [5.41, 5.74) is 0. The predicted molar refractivity (Wildman–Crippen MR) is 428 cm³/mol. The topological polar surface area (TPSA) is 237 Å². The molecule has 0 radical (unpaired) electrons. The Bertz CT molecular complexity index is 2000. The Kier molecular flexibility index (Phi) is 75.0. The van der Waals surface area contributed by atoms with Crippen LogP contribution in [0.25, 0.3) is 0 Å². The number of carbonyl (C=O) groups excluding carboxylic acids is 4. The number of carbonyl (C=O) groups is 4. The molecule has 0 aliphatic rings. The number of unbranched alkanes of at least 4 members (excludes halogenated alkanes) is 53. The summed E-state index contributed by atoms with van der Waals surface area (Å²) in [7, 11) is -9.92.